The molecule has 1 amide bonds. The Balaban J connectivity index is 1.82. The van der Waals surface area contributed by atoms with Crippen LogP contribution in [0.25, 0.3) is 0 Å². The summed E-state index contributed by atoms with van der Waals surface area (Å²) < 4.78 is 14.1. The Kier molecular flexibility index (Phi) is 3.39. The highest BCUT2D eigenvalue weighted by Crippen LogP contribution is 2.44. The first-order valence-corrected chi connectivity index (χ1v) is 7.21. The van der Waals surface area contributed by atoms with Crippen LogP contribution in [0.4, 0.5) is 10.1 Å². The number of non-ortho nitro benzene ring substituents is 1. The van der Waals surface area contributed by atoms with Crippen molar-refractivity contribution in [2.45, 2.75) is 38.6 Å². The summed E-state index contributed by atoms with van der Waals surface area (Å²) in [6.07, 6.45) is 4.38. The number of nitro benzene ring substituents is 1. The summed E-state index contributed by atoms with van der Waals surface area (Å²) in [6, 6.07) is 2.24. The van der Waals surface area contributed by atoms with Gasteiger partial charge in [-0.2, -0.15) is 0 Å². The molecule has 0 spiro atoms. The molecule has 1 aromatic carbocycles. The zero-order valence-corrected chi connectivity index (χ0v) is 11.8. The lowest BCUT2D eigenvalue weighted by atomic mass is 9.95. The fourth-order valence-corrected chi connectivity index (χ4v) is 3.69. The molecule has 2 fully saturated rings. The van der Waals surface area contributed by atoms with Crippen molar-refractivity contribution in [1.82, 2.24) is 5.32 Å². The first-order chi connectivity index (χ1) is 9.95. The first kappa shape index (κ1) is 14.0. The van der Waals surface area contributed by atoms with E-state index in [0.717, 1.165) is 31.4 Å². The van der Waals surface area contributed by atoms with Crippen LogP contribution in [0.15, 0.2) is 12.1 Å². The second-order valence-electron chi connectivity index (χ2n) is 6.14. The Hall–Kier alpha value is -1.98. The minimum Gasteiger partial charge on any atom is -0.349 e. The number of rotatable bonds is 3. The van der Waals surface area contributed by atoms with Gasteiger partial charge in [-0.15, -0.1) is 0 Å². The van der Waals surface area contributed by atoms with Crippen LogP contribution < -0.4 is 5.32 Å². The van der Waals surface area contributed by atoms with Gasteiger partial charge in [0.05, 0.1) is 10.5 Å². The Bertz CT molecular complexity index is 617. The van der Waals surface area contributed by atoms with Gasteiger partial charge >= 0.3 is 0 Å². The second kappa shape index (κ2) is 5.09. The van der Waals surface area contributed by atoms with Crippen molar-refractivity contribution < 1.29 is 14.1 Å². The summed E-state index contributed by atoms with van der Waals surface area (Å²) in [5.41, 5.74) is -0.376. The van der Waals surface area contributed by atoms with Gasteiger partial charge in [0.25, 0.3) is 11.6 Å². The van der Waals surface area contributed by atoms with Gasteiger partial charge in [0.2, 0.25) is 0 Å². The van der Waals surface area contributed by atoms with E-state index in [2.05, 4.69) is 5.32 Å². The Labute approximate surface area is 121 Å². The van der Waals surface area contributed by atoms with Gasteiger partial charge in [0.1, 0.15) is 5.82 Å². The highest BCUT2D eigenvalue weighted by Gasteiger charge is 2.40. The Morgan fingerprint density at radius 1 is 1.38 bits per heavy atom. The molecule has 1 aromatic rings. The predicted octanol–water partition coefficient (Wildman–Crippen LogP) is 2.96. The highest BCUT2D eigenvalue weighted by atomic mass is 19.1. The van der Waals surface area contributed by atoms with Gasteiger partial charge < -0.3 is 5.32 Å². The summed E-state index contributed by atoms with van der Waals surface area (Å²) in [5, 5.41) is 13.7. The number of aryl methyl sites for hydroxylation is 1. The SMILES string of the molecule is Cc1cc([N+](=O)[O-])cc(C(=O)NC2CC3CCC2C3)c1F. The number of nitrogens with zero attached hydrogens (tertiary/aromatic N) is 1. The molecule has 2 aliphatic carbocycles. The largest absolute Gasteiger partial charge is 0.349 e. The molecule has 0 heterocycles. The van der Waals surface area contributed by atoms with Gasteiger partial charge in [-0.1, -0.05) is 6.42 Å². The molecule has 0 radical (unpaired) electrons. The third kappa shape index (κ3) is 2.50. The van der Waals surface area contributed by atoms with Crippen LogP contribution in [0.1, 0.15) is 41.6 Å². The minimum absolute atomic E-state index is 0.0789. The fourth-order valence-electron chi connectivity index (χ4n) is 3.69. The molecular formula is C15H17FN2O3. The predicted molar refractivity (Wildman–Crippen MR) is 74.5 cm³/mol. The number of nitrogens with one attached hydrogen (secondary N) is 1. The van der Waals surface area contributed by atoms with Crippen LogP contribution in [0.2, 0.25) is 0 Å². The lowest BCUT2D eigenvalue weighted by Crippen LogP contribution is -2.38. The van der Waals surface area contributed by atoms with Gasteiger partial charge in [0, 0.05) is 18.2 Å². The van der Waals surface area contributed by atoms with Crippen LogP contribution in [-0.2, 0) is 0 Å². The van der Waals surface area contributed by atoms with Crippen molar-refractivity contribution in [1.29, 1.82) is 0 Å². The molecular weight excluding hydrogens is 275 g/mol. The van der Waals surface area contributed by atoms with Crippen molar-refractivity contribution in [2.24, 2.45) is 11.8 Å². The van der Waals surface area contributed by atoms with E-state index in [4.69, 9.17) is 0 Å². The van der Waals surface area contributed by atoms with Crippen LogP contribution in [0, 0.1) is 34.7 Å². The number of carbonyl (C=O) groups excluding carboxylic acids is 1. The molecule has 0 saturated heterocycles. The van der Waals surface area contributed by atoms with Crippen molar-refractivity contribution in [3.63, 3.8) is 0 Å². The summed E-state index contributed by atoms with van der Waals surface area (Å²) in [6.45, 7) is 1.43. The molecule has 2 aliphatic rings. The number of hydrogen-bond acceptors (Lipinski definition) is 3. The van der Waals surface area contributed by atoms with Crippen molar-refractivity contribution in [2.75, 3.05) is 0 Å². The topological polar surface area (TPSA) is 72.2 Å². The maximum atomic E-state index is 14.1. The fraction of sp³-hybridized carbons (Fsp3) is 0.533. The molecule has 3 atom stereocenters. The zero-order valence-electron chi connectivity index (χ0n) is 11.8. The van der Waals surface area contributed by atoms with Crippen molar-refractivity contribution in [3.8, 4) is 0 Å². The van der Waals surface area contributed by atoms with E-state index in [1.54, 1.807) is 0 Å². The monoisotopic (exact) mass is 292 g/mol. The summed E-state index contributed by atoms with van der Waals surface area (Å²) >= 11 is 0. The summed E-state index contributed by atoms with van der Waals surface area (Å²) in [4.78, 5) is 22.5. The molecule has 2 saturated carbocycles. The van der Waals surface area contributed by atoms with Crippen molar-refractivity contribution in [3.05, 3.63) is 39.2 Å². The van der Waals surface area contributed by atoms with Crippen LogP contribution in [0.5, 0.6) is 0 Å². The molecule has 112 valence electrons. The number of fused-ring (bicyclic) bond motifs is 2. The quantitative estimate of drug-likeness (QED) is 0.687. The van der Waals surface area contributed by atoms with E-state index in [1.807, 2.05) is 0 Å². The standard InChI is InChI=1S/C15H17FN2O3/c1-8-4-11(18(20)21)7-12(14(8)16)15(19)17-13-6-9-2-3-10(13)5-9/h4,7,9-10,13H,2-3,5-6H2,1H3,(H,17,19). The minimum atomic E-state index is -0.679. The van der Waals surface area contributed by atoms with Gasteiger partial charge in [0.15, 0.2) is 0 Å². The number of hydrogen-bond donors (Lipinski definition) is 1. The lowest BCUT2D eigenvalue weighted by Gasteiger charge is -2.23. The highest BCUT2D eigenvalue weighted by molar-refractivity contribution is 5.95. The van der Waals surface area contributed by atoms with Gasteiger partial charge in [-0.25, -0.2) is 4.39 Å². The molecule has 6 heteroatoms. The summed E-state index contributed by atoms with van der Waals surface area (Å²) in [5.74, 6) is -0.0862. The van der Waals surface area contributed by atoms with E-state index in [0.29, 0.717) is 11.8 Å². The molecule has 3 unspecified atom stereocenters. The number of halogens is 1. The normalized spacial score (nSPS) is 26.9. The number of benzene rings is 1. The smallest absolute Gasteiger partial charge is 0.270 e. The maximum Gasteiger partial charge on any atom is 0.270 e. The molecule has 2 bridgehead atoms. The number of amides is 1. The average Bonchev–Trinajstić information content (AvgIpc) is 3.03. The van der Waals surface area contributed by atoms with E-state index in [1.165, 1.54) is 13.3 Å². The maximum absolute atomic E-state index is 14.1. The second-order valence-corrected chi connectivity index (χ2v) is 6.14. The molecule has 21 heavy (non-hydrogen) atoms. The summed E-state index contributed by atoms with van der Waals surface area (Å²) in [7, 11) is 0. The molecule has 5 nitrogen and oxygen atoms in total. The molecule has 1 N–H and O–H groups in total. The number of carbonyl (C=O) groups is 1. The first-order valence-electron chi connectivity index (χ1n) is 7.21. The van der Waals surface area contributed by atoms with E-state index in [-0.39, 0.29) is 22.9 Å². The van der Waals surface area contributed by atoms with E-state index < -0.39 is 16.6 Å². The third-order valence-corrected chi connectivity index (χ3v) is 4.75. The lowest BCUT2D eigenvalue weighted by molar-refractivity contribution is -0.385. The van der Waals surface area contributed by atoms with E-state index in [9.17, 15) is 19.3 Å². The zero-order chi connectivity index (χ0) is 15.1. The molecule has 0 aliphatic heterocycles. The van der Waals surface area contributed by atoms with Crippen LogP contribution in [-0.4, -0.2) is 16.9 Å². The van der Waals surface area contributed by atoms with Crippen LogP contribution in [0.3, 0.4) is 0 Å². The third-order valence-electron chi connectivity index (χ3n) is 4.75. The molecule has 3 rings (SSSR count). The van der Waals surface area contributed by atoms with Gasteiger partial charge in [-0.05, 0) is 43.6 Å². The number of nitro groups is 1. The Morgan fingerprint density at radius 3 is 2.71 bits per heavy atom. The van der Waals surface area contributed by atoms with E-state index >= 15 is 0 Å². The van der Waals surface area contributed by atoms with Crippen molar-refractivity contribution >= 4 is 11.6 Å². The van der Waals surface area contributed by atoms with Crippen LogP contribution >= 0.6 is 0 Å². The average molecular weight is 292 g/mol. The Morgan fingerprint density at radius 2 is 2.14 bits per heavy atom. The van der Waals surface area contributed by atoms with Gasteiger partial charge in [-0.3, -0.25) is 14.9 Å². The molecule has 0 aromatic heterocycles.